The van der Waals surface area contributed by atoms with Gasteiger partial charge in [-0.15, -0.1) is 0 Å². The molecular weight excluding hydrogens is 358 g/mol. The average Bonchev–Trinajstić information content (AvgIpc) is 2.67. The molecule has 0 aliphatic carbocycles. The Morgan fingerprint density at radius 2 is 1.54 bits per heavy atom. The van der Waals surface area contributed by atoms with E-state index >= 15 is 0 Å². The maximum atomic E-state index is 14.4. The molecule has 0 atom stereocenters. The van der Waals surface area contributed by atoms with Gasteiger partial charge < -0.3 is 10.6 Å². The van der Waals surface area contributed by atoms with Crippen LogP contribution in [0.5, 0.6) is 0 Å². The molecule has 0 amide bonds. The number of nitrogens with one attached hydrogen (secondary N) is 2. The van der Waals surface area contributed by atoms with Crippen molar-refractivity contribution in [3.63, 3.8) is 0 Å². The van der Waals surface area contributed by atoms with Crippen molar-refractivity contribution in [2.75, 3.05) is 10.6 Å². The topological polar surface area (TPSA) is 49.8 Å². The first-order chi connectivity index (χ1) is 13.5. The minimum Gasteiger partial charge on any atom is -0.339 e. The highest BCUT2D eigenvalue weighted by Crippen LogP contribution is 2.29. The highest BCUT2D eigenvalue weighted by Gasteiger charge is 2.13. The molecule has 1 heterocycles. The summed E-state index contributed by atoms with van der Waals surface area (Å²) in [6.07, 6.45) is 0. The highest BCUT2D eigenvalue weighted by atomic mass is 19.1. The number of aryl methyl sites for hydroxylation is 2. The maximum Gasteiger partial charge on any atom is 0.229 e. The Hall–Kier alpha value is -3.54. The Balaban J connectivity index is 1.81. The van der Waals surface area contributed by atoms with Gasteiger partial charge in [-0.05, 0) is 61.4 Å². The summed E-state index contributed by atoms with van der Waals surface area (Å²) < 4.78 is 27.8. The summed E-state index contributed by atoms with van der Waals surface area (Å²) in [5.74, 6) is -0.0495. The quantitative estimate of drug-likeness (QED) is 0.458. The van der Waals surface area contributed by atoms with E-state index in [0.29, 0.717) is 22.5 Å². The van der Waals surface area contributed by atoms with Gasteiger partial charge in [0.15, 0.2) is 0 Å². The molecule has 28 heavy (non-hydrogen) atoms. The van der Waals surface area contributed by atoms with Crippen molar-refractivity contribution < 1.29 is 8.78 Å². The van der Waals surface area contributed by atoms with Crippen molar-refractivity contribution in [2.45, 2.75) is 13.8 Å². The van der Waals surface area contributed by atoms with Crippen molar-refractivity contribution in [1.82, 2.24) is 9.97 Å². The van der Waals surface area contributed by atoms with Crippen molar-refractivity contribution in [3.05, 3.63) is 83.4 Å². The van der Waals surface area contributed by atoms with Crippen LogP contribution in [0.1, 0.15) is 11.1 Å². The third-order valence-corrected chi connectivity index (χ3v) is 4.51. The standard InChI is InChI=1S/C22H18F2N4/c1-13-6-3-4-9-18(13)25-21-16-7-5-8-17(24)20(16)27-22(28-21)26-19-11-10-15(23)12-14(19)2/h3-12H,1-2H3,(H2,25,26,27,28). The van der Waals surface area contributed by atoms with E-state index in [1.807, 2.05) is 31.2 Å². The van der Waals surface area contributed by atoms with E-state index in [4.69, 9.17) is 0 Å². The SMILES string of the molecule is Cc1cc(F)ccc1Nc1nc(Nc2ccccc2C)c2cccc(F)c2n1. The first kappa shape index (κ1) is 17.9. The summed E-state index contributed by atoms with van der Waals surface area (Å²) in [7, 11) is 0. The van der Waals surface area contributed by atoms with E-state index in [-0.39, 0.29) is 17.3 Å². The van der Waals surface area contributed by atoms with E-state index in [1.54, 1.807) is 25.1 Å². The lowest BCUT2D eigenvalue weighted by Crippen LogP contribution is -2.04. The van der Waals surface area contributed by atoms with Gasteiger partial charge in [0.05, 0.1) is 0 Å². The molecule has 3 aromatic carbocycles. The van der Waals surface area contributed by atoms with Crippen LogP contribution in [0.25, 0.3) is 10.9 Å². The summed E-state index contributed by atoms with van der Waals surface area (Å²) in [4.78, 5) is 8.87. The largest absolute Gasteiger partial charge is 0.339 e. The van der Waals surface area contributed by atoms with Crippen LogP contribution in [-0.2, 0) is 0 Å². The molecule has 0 aliphatic heterocycles. The van der Waals surface area contributed by atoms with Gasteiger partial charge in [0.1, 0.15) is 23.0 Å². The molecule has 0 radical (unpaired) electrons. The lowest BCUT2D eigenvalue weighted by molar-refractivity contribution is 0.627. The number of halogens is 2. The van der Waals surface area contributed by atoms with Gasteiger partial charge in [-0.25, -0.2) is 13.8 Å². The third-order valence-electron chi connectivity index (χ3n) is 4.51. The number of anilines is 4. The first-order valence-electron chi connectivity index (χ1n) is 8.83. The molecule has 4 aromatic rings. The normalized spacial score (nSPS) is 10.9. The Kier molecular flexibility index (Phi) is 4.61. The van der Waals surface area contributed by atoms with Gasteiger partial charge in [-0.1, -0.05) is 24.3 Å². The fraction of sp³-hybridized carbons (Fsp3) is 0.0909. The van der Waals surface area contributed by atoms with E-state index in [2.05, 4.69) is 20.6 Å². The number of nitrogens with zero attached hydrogens (tertiary/aromatic N) is 2. The predicted octanol–water partition coefficient (Wildman–Crippen LogP) is 6.01. The third kappa shape index (κ3) is 3.49. The first-order valence-corrected chi connectivity index (χ1v) is 8.83. The van der Waals surface area contributed by atoms with Crippen LogP contribution < -0.4 is 10.6 Å². The van der Waals surface area contributed by atoms with Gasteiger partial charge >= 0.3 is 0 Å². The Bertz CT molecular complexity index is 1170. The number of para-hydroxylation sites is 2. The van der Waals surface area contributed by atoms with E-state index < -0.39 is 5.82 Å². The maximum absolute atomic E-state index is 14.4. The fourth-order valence-corrected chi connectivity index (χ4v) is 3.00. The molecule has 0 aliphatic rings. The molecule has 2 N–H and O–H groups in total. The van der Waals surface area contributed by atoms with Crippen molar-refractivity contribution in [2.24, 2.45) is 0 Å². The van der Waals surface area contributed by atoms with Gasteiger partial charge in [0.2, 0.25) is 5.95 Å². The number of rotatable bonds is 4. The van der Waals surface area contributed by atoms with Crippen LogP contribution in [0.4, 0.5) is 31.9 Å². The number of aromatic nitrogens is 2. The minimum absolute atomic E-state index is 0.204. The Morgan fingerprint density at radius 1 is 0.750 bits per heavy atom. The molecule has 0 fully saturated rings. The van der Waals surface area contributed by atoms with Crippen molar-refractivity contribution in [1.29, 1.82) is 0 Å². The van der Waals surface area contributed by atoms with Gasteiger partial charge in [0.25, 0.3) is 0 Å². The summed E-state index contributed by atoms with van der Waals surface area (Å²) in [5.41, 5.74) is 3.46. The summed E-state index contributed by atoms with van der Waals surface area (Å²) in [5, 5.41) is 6.91. The molecule has 4 rings (SSSR count). The lowest BCUT2D eigenvalue weighted by atomic mass is 10.2. The molecule has 0 saturated carbocycles. The summed E-state index contributed by atoms with van der Waals surface area (Å²) in [6.45, 7) is 3.76. The van der Waals surface area contributed by atoms with Gasteiger partial charge in [-0.3, -0.25) is 0 Å². The molecule has 0 spiro atoms. The average molecular weight is 376 g/mol. The molecule has 6 heteroatoms. The Morgan fingerprint density at radius 3 is 2.32 bits per heavy atom. The minimum atomic E-state index is -0.438. The van der Waals surface area contributed by atoms with Crippen LogP contribution >= 0.6 is 0 Å². The van der Waals surface area contributed by atoms with Gasteiger partial charge in [0, 0.05) is 16.8 Å². The van der Waals surface area contributed by atoms with Crippen LogP contribution in [0.15, 0.2) is 60.7 Å². The van der Waals surface area contributed by atoms with Crippen LogP contribution in [0.2, 0.25) is 0 Å². The highest BCUT2D eigenvalue weighted by molar-refractivity contribution is 5.92. The number of fused-ring (bicyclic) bond motifs is 1. The number of benzene rings is 3. The second-order valence-corrected chi connectivity index (χ2v) is 6.56. The predicted molar refractivity (Wildman–Crippen MR) is 108 cm³/mol. The smallest absolute Gasteiger partial charge is 0.229 e. The molecule has 1 aromatic heterocycles. The van der Waals surface area contributed by atoms with E-state index in [0.717, 1.165) is 11.3 Å². The number of hydrogen-bond donors (Lipinski definition) is 2. The summed E-state index contributed by atoms with van der Waals surface area (Å²) >= 11 is 0. The molecular formula is C22H18F2N4. The zero-order valence-electron chi connectivity index (χ0n) is 15.4. The molecule has 140 valence electrons. The molecule has 0 bridgehead atoms. The molecule has 0 unspecified atom stereocenters. The summed E-state index contributed by atoms with van der Waals surface area (Å²) in [6, 6.07) is 16.9. The monoisotopic (exact) mass is 376 g/mol. The zero-order chi connectivity index (χ0) is 19.7. The van der Waals surface area contributed by atoms with E-state index in [1.165, 1.54) is 18.2 Å². The Labute approximate surface area is 161 Å². The van der Waals surface area contributed by atoms with Crippen LogP contribution in [0.3, 0.4) is 0 Å². The molecule has 0 saturated heterocycles. The fourth-order valence-electron chi connectivity index (χ4n) is 3.00. The molecule has 4 nitrogen and oxygen atoms in total. The second kappa shape index (κ2) is 7.23. The van der Waals surface area contributed by atoms with Crippen molar-refractivity contribution in [3.8, 4) is 0 Å². The second-order valence-electron chi connectivity index (χ2n) is 6.56. The van der Waals surface area contributed by atoms with Crippen LogP contribution in [0, 0.1) is 25.5 Å². The van der Waals surface area contributed by atoms with E-state index in [9.17, 15) is 8.78 Å². The lowest BCUT2D eigenvalue weighted by Gasteiger charge is -2.14. The zero-order valence-corrected chi connectivity index (χ0v) is 15.4. The number of hydrogen-bond acceptors (Lipinski definition) is 4. The van der Waals surface area contributed by atoms with Crippen LogP contribution in [-0.4, -0.2) is 9.97 Å². The van der Waals surface area contributed by atoms with Crippen molar-refractivity contribution >= 4 is 34.0 Å². The van der Waals surface area contributed by atoms with Gasteiger partial charge in [-0.2, -0.15) is 4.98 Å².